The average Bonchev–Trinajstić information content (AvgIpc) is 2.67. The first-order chi connectivity index (χ1) is 13.7. The van der Waals surface area contributed by atoms with Crippen LogP contribution in [0.4, 0.5) is 16.3 Å². The Bertz CT molecular complexity index is 973. The van der Waals surface area contributed by atoms with Gasteiger partial charge in [-0.25, -0.2) is 23.2 Å². The molecule has 2 aromatic rings. The van der Waals surface area contributed by atoms with E-state index >= 15 is 0 Å². The number of ether oxygens (including phenoxy) is 1. The smallest absolute Gasteiger partial charge is 0.409 e. The Hall–Kier alpha value is -2.72. The van der Waals surface area contributed by atoms with Crippen molar-refractivity contribution in [3.63, 3.8) is 0 Å². The SMILES string of the molecule is CC(CS(C)(=O)=O)c1cc(N2CCOCC2)nc(-c2ccc(NC(=O)O)cc2)n1. The molecule has 2 heterocycles. The standard InChI is InChI=1S/C19H24N4O5S/c1-13(12-29(2,26)27)16-11-17(23-7-9-28-10-8-23)22-18(21-16)14-3-5-15(6-4-14)20-19(24)25/h3-6,11,13,20H,7-10,12H2,1-2H3,(H,24,25). The molecule has 9 nitrogen and oxygen atoms in total. The van der Waals surface area contributed by atoms with Gasteiger partial charge in [0.1, 0.15) is 15.7 Å². The molecule has 1 atom stereocenters. The van der Waals surface area contributed by atoms with Crippen LogP contribution in [0, 0.1) is 0 Å². The molecule has 1 aliphatic heterocycles. The maximum absolute atomic E-state index is 11.8. The first-order valence-electron chi connectivity index (χ1n) is 9.21. The molecule has 10 heteroatoms. The van der Waals surface area contributed by atoms with Crippen molar-refractivity contribution >= 4 is 27.4 Å². The van der Waals surface area contributed by atoms with Crippen molar-refractivity contribution in [2.24, 2.45) is 0 Å². The fourth-order valence-electron chi connectivity index (χ4n) is 3.15. The molecule has 0 aliphatic carbocycles. The van der Waals surface area contributed by atoms with Gasteiger partial charge in [0.2, 0.25) is 0 Å². The lowest BCUT2D eigenvalue weighted by Crippen LogP contribution is -2.37. The van der Waals surface area contributed by atoms with Crippen LogP contribution in [0.25, 0.3) is 11.4 Å². The molecule has 0 spiro atoms. The molecule has 2 N–H and O–H groups in total. The molecule has 3 rings (SSSR count). The van der Waals surface area contributed by atoms with E-state index in [4.69, 9.17) is 9.84 Å². The molecular formula is C19H24N4O5S. The third kappa shape index (κ3) is 5.88. The van der Waals surface area contributed by atoms with Gasteiger partial charge < -0.3 is 14.7 Å². The lowest BCUT2D eigenvalue weighted by molar-refractivity contribution is 0.122. The highest BCUT2D eigenvalue weighted by Crippen LogP contribution is 2.26. The van der Waals surface area contributed by atoms with E-state index < -0.39 is 15.9 Å². The minimum Gasteiger partial charge on any atom is -0.465 e. The zero-order valence-corrected chi connectivity index (χ0v) is 17.1. The Morgan fingerprint density at radius 3 is 2.48 bits per heavy atom. The van der Waals surface area contributed by atoms with Crippen LogP contribution < -0.4 is 10.2 Å². The van der Waals surface area contributed by atoms with Gasteiger partial charge in [-0.1, -0.05) is 6.92 Å². The Morgan fingerprint density at radius 1 is 1.24 bits per heavy atom. The van der Waals surface area contributed by atoms with Gasteiger partial charge in [0.15, 0.2) is 5.82 Å². The molecule has 1 aliphatic rings. The summed E-state index contributed by atoms with van der Waals surface area (Å²) in [5.74, 6) is 0.889. The molecule has 1 saturated heterocycles. The minimum atomic E-state index is -3.16. The lowest BCUT2D eigenvalue weighted by atomic mass is 10.1. The average molecular weight is 420 g/mol. The molecule has 29 heavy (non-hydrogen) atoms. The number of nitrogens with one attached hydrogen (secondary N) is 1. The fraction of sp³-hybridized carbons (Fsp3) is 0.421. The van der Waals surface area contributed by atoms with Crippen molar-refractivity contribution in [2.75, 3.05) is 48.5 Å². The van der Waals surface area contributed by atoms with Gasteiger partial charge in [-0.3, -0.25) is 5.32 Å². The number of sulfone groups is 1. The van der Waals surface area contributed by atoms with Gasteiger partial charge in [0.25, 0.3) is 0 Å². The molecule has 1 amide bonds. The molecule has 0 saturated carbocycles. The third-order valence-corrected chi connectivity index (χ3v) is 5.63. The van der Waals surface area contributed by atoms with Gasteiger partial charge >= 0.3 is 6.09 Å². The van der Waals surface area contributed by atoms with Gasteiger partial charge in [-0.2, -0.15) is 0 Å². The van der Waals surface area contributed by atoms with E-state index in [2.05, 4.69) is 20.2 Å². The third-order valence-electron chi connectivity index (χ3n) is 4.52. The van der Waals surface area contributed by atoms with E-state index in [9.17, 15) is 13.2 Å². The summed E-state index contributed by atoms with van der Waals surface area (Å²) in [4.78, 5) is 22.1. The van der Waals surface area contributed by atoms with E-state index in [0.29, 0.717) is 49.1 Å². The summed E-state index contributed by atoms with van der Waals surface area (Å²) in [7, 11) is -3.16. The van der Waals surface area contributed by atoms with E-state index in [1.165, 1.54) is 6.26 Å². The molecule has 1 aromatic carbocycles. The summed E-state index contributed by atoms with van der Waals surface area (Å²) in [5, 5.41) is 11.1. The molecule has 0 radical (unpaired) electrons. The maximum Gasteiger partial charge on any atom is 0.409 e. The summed E-state index contributed by atoms with van der Waals surface area (Å²) in [6.07, 6.45) is 0.0723. The number of amides is 1. The van der Waals surface area contributed by atoms with Gasteiger partial charge in [0, 0.05) is 42.6 Å². The van der Waals surface area contributed by atoms with Crippen LogP contribution in [-0.2, 0) is 14.6 Å². The minimum absolute atomic E-state index is 0.00647. The summed E-state index contributed by atoms with van der Waals surface area (Å²) in [5.41, 5.74) is 1.80. The van der Waals surface area contributed by atoms with E-state index in [0.717, 1.165) is 5.82 Å². The zero-order chi connectivity index (χ0) is 21.0. The van der Waals surface area contributed by atoms with Crippen LogP contribution in [0.3, 0.4) is 0 Å². The predicted molar refractivity (Wildman–Crippen MR) is 110 cm³/mol. The van der Waals surface area contributed by atoms with E-state index in [1.54, 1.807) is 24.3 Å². The summed E-state index contributed by atoms with van der Waals surface area (Å²) in [6.45, 7) is 4.41. The number of benzene rings is 1. The van der Waals surface area contributed by atoms with E-state index in [-0.39, 0.29) is 11.7 Å². The summed E-state index contributed by atoms with van der Waals surface area (Å²) < 4.78 is 28.9. The number of nitrogens with zero attached hydrogens (tertiary/aromatic N) is 3. The number of aromatic nitrogens is 2. The van der Waals surface area contributed by atoms with Crippen LogP contribution >= 0.6 is 0 Å². The molecule has 1 unspecified atom stereocenters. The molecular weight excluding hydrogens is 396 g/mol. The van der Waals surface area contributed by atoms with Crippen LogP contribution in [0.5, 0.6) is 0 Å². The van der Waals surface area contributed by atoms with Crippen LogP contribution in [0.15, 0.2) is 30.3 Å². The Labute approximate surface area is 169 Å². The van der Waals surface area contributed by atoms with Crippen LogP contribution in [0.2, 0.25) is 0 Å². The zero-order valence-electron chi connectivity index (χ0n) is 16.3. The summed E-state index contributed by atoms with van der Waals surface area (Å²) >= 11 is 0. The number of hydrogen-bond donors (Lipinski definition) is 2. The Balaban J connectivity index is 1.98. The number of morpholine rings is 1. The normalized spacial score (nSPS) is 15.7. The Kier molecular flexibility index (Phi) is 6.33. The Morgan fingerprint density at radius 2 is 1.90 bits per heavy atom. The second-order valence-corrected chi connectivity index (χ2v) is 9.26. The van der Waals surface area contributed by atoms with Gasteiger partial charge in [-0.15, -0.1) is 0 Å². The monoisotopic (exact) mass is 420 g/mol. The van der Waals surface area contributed by atoms with Crippen molar-refractivity contribution in [1.82, 2.24) is 9.97 Å². The van der Waals surface area contributed by atoms with Crippen LogP contribution in [-0.4, -0.2) is 67.9 Å². The molecule has 1 fully saturated rings. The molecule has 156 valence electrons. The van der Waals surface area contributed by atoms with Crippen molar-refractivity contribution in [1.29, 1.82) is 0 Å². The van der Waals surface area contributed by atoms with Crippen molar-refractivity contribution < 1.29 is 23.1 Å². The fourth-order valence-corrected chi connectivity index (χ4v) is 4.23. The first kappa shape index (κ1) is 21.0. The topological polar surface area (TPSA) is 122 Å². The highest BCUT2D eigenvalue weighted by molar-refractivity contribution is 7.90. The molecule has 0 bridgehead atoms. The second kappa shape index (κ2) is 8.75. The van der Waals surface area contributed by atoms with E-state index in [1.807, 2.05) is 13.0 Å². The maximum atomic E-state index is 11.8. The highest BCUT2D eigenvalue weighted by Gasteiger charge is 2.20. The van der Waals surface area contributed by atoms with Gasteiger partial charge in [0.05, 0.1) is 24.7 Å². The second-order valence-electron chi connectivity index (χ2n) is 7.08. The molecule has 1 aromatic heterocycles. The van der Waals surface area contributed by atoms with Crippen molar-refractivity contribution in [2.45, 2.75) is 12.8 Å². The van der Waals surface area contributed by atoms with Crippen molar-refractivity contribution in [3.05, 3.63) is 36.0 Å². The van der Waals surface area contributed by atoms with Crippen LogP contribution in [0.1, 0.15) is 18.5 Å². The number of anilines is 2. The largest absolute Gasteiger partial charge is 0.465 e. The lowest BCUT2D eigenvalue weighted by Gasteiger charge is -2.28. The number of carboxylic acid groups (broad SMARTS) is 1. The number of hydrogen-bond acceptors (Lipinski definition) is 7. The predicted octanol–water partition coefficient (Wildman–Crippen LogP) is 2.22. The summed E-state index contributed by atoms with van der Waals surface area (Å²) in [6, 6.07) is 8.57. The highest BCUT2D eigenvalue weighted by atomic mass is 32.2. The number of carbonyl (C=O) groups is 1. The quantitative estimate of drug-likeness (QED) is 0.729. The van der Waals surface area contributed by atoms with Gasteiger partial charge in [-0.05, 0) is 24.3 Å². The first-order valence-corrected chi connectivity index (χ1v) is 11.3. The van der Waals surface area contributed by atoms with Crippen molar-refractivity contribution in [3.8, 4) is 11.4 Å². The number of rotatable bonds is 6.